The van der Waals surface area contributed by atoms with Gasteiger partial charge < -0.3 is 5.32 Å². The van der Waals surface area contributed by atoms with E-state index in [9.17, 15) is 4.79 Å². The number of nitrogens with one attached hydrogen (secondary N) is 1. The zero-order valence-corrected chi connectivity index (χ0v) is 9.47. The number of hydrogen-bond acceptors (Lipinski definition) is 1. The van der Waals surface area contributed by atoms with E-state index in [2.05, 4.69) is 12.2 Å². The predicted octanol–water partition coefficient (Wildman–Crippen LogP) is 3.57. The molecule has 15 heavy (non-hydrogen) atoms. The highest BCUT2D eigenvalue weighted by Crippen LogP contribution is 2.36. The summed E-state index contributed by atoms with van der Waals surface area (Å²) in [7, 11) is 0. The molecule has 2 rings (SSSR count). The van der Waals surface area contributed by atoms with Gasteiger partial charge in [-0.3, -0.25) is 4.79 Å². The molecule has 0 aliphatic carbocycles. The summed E-state index contributed by atoms with van der Waals surface area (Å²) in [6, 6.07) is 5.74. The molecule has 0 radical (unpaired) electrons. The first kappa shape index (κ1) is 10.5. The molecule has 0 aromatic heterocycles. The lowest BCUT2D eigenvalue weighted by molar-refractivity contribution is -0.116. The van der Waals surface area contributed by atoms with Crippen LogP contribution in [0.3, 0.4) is 0 Å². The summed E-state index contributed by atoms with van der Waals surface area (Å²) in [5, 5.41) is 3.54. The fraction of sp³-hybridized carbons (Fsp3) is 0.417. The second kappa shape index (κ2) is 4.23. The van der Waals surface area contributed by atoms with Crippen LogP contribution in [0.1, 0.15) is 37.7 Å². The number of anilines is 1. The van der Waals surface area contributed by atoms with Gasteiger partial charge in [0.05, 0.1) is 0 Å². The second-order valence-corrected chi connectivity index (χ2v) is 4.41. The van der Waals surface area contributed by atoms with Gasteiger partial charge in [0.25, 0.3) is 0 Å². The Morgan fingerprint density at radius 1 is 1.53 bits per heavy atom. The van der Waals surface area contributed by atoms with E-state index in [0.29, 0.717) is 17.4 Å². The van der Waals surface area contributed by atoms with Crippen LogP contribution in [0.15, 0.2) is 18.2 Å². The quantitative estimate of drug-likeness (QED) is 0.816. The lowest BCUT2D eigenvalue weighted by Crippen LogP contribution is -2.22. The van der Waals surface area contributed by atoms with Crippen LogP contribution in [0.2, 0.25) is 5.02 Å². The Labute approximate surface area is 94.6 Å². The number of carbonyl (C=O) groups is 1. The van der Waals surface area contributed by atoms with Gasteiger partial charge in [-0.2, -0.15) is 0 Å². The lowest BCUT2D eigenvalue weighted by atomic mass is 9.87. The van der Waals surface area contributed by atoms with Crippen LogP contribution in [-0.2, 0) is 4.79 Å². The minimum atomic E-state index is 0.100. The molecule has 1 aliphatic heterocycles. The SMILES string of the molecule is CCCC1CC(=O)Nc2cc(Cl)ccc21. The minimum Gasteiger partial charge on any atom is -0.326 e. The topological polar surface area (TPSA) is 29.1 Å². The minimum absolute atomic E-state index is 0.100. The van der Waals surface area contributed by atoms with Gasteiger partial charge in [0.2, 0.25) is 5.91 Å². The van der Waals surface area contributed by atoms with E-state index in [1.165, 1.54) is 5.56 Å². The van der Waals surface area contributed by atoms with Crippen LogP contribution >= 0.6 is 11.6 Å². The number of fused-ring (bicyclic) bond motifs is 1. The van der Waals surface area contributed by atoms with Gasteiger partial charge >= 0.3 is 0 Å². The molecule has 1 N–H and O–H groups in total. The molecule has 3 heteroatoms. The van der Waals surface area contributed by atoms with Gasteiger partial charge in [-0.15, -0.1) is 0 Å². The highest BCUT2D eigenvalue weighted by molar-refractivity contribution is 6.31. The average molecular weight is 224 g/mol. The number of amides is 1. The van der Waals surface area contributed by atoms with Crippen molar-refractivity contribution in [1.82, 2.24) is 0 Å². The highest BCUT2D eigenvalue weighted by Gasteiger charge is 2.24. The van der Waals surface area contributed by atoms with E-state index in [1.807, 2.05) is 18.2 Å². The molecule has 0 saturated heterocycles. The fourth-order valence-corrected chi connectivity index (χ4v) is 2.31. The molecule has 1 unspecified atom stereocenters. The molecule has 0 bridgehead atoms. The van der Waals surface area contributed by atoms with E-state index in [4.69, 9.17) is 11.6 Å². The normalized spacial score (nSPS) is 19.6. The van der Waals surface area contributed by atoms with Crippen LogP contribution in [0, 0.1) is 0 Å². The predicted molar refractivity (Wildman–Crippen MR) is 62.3 cm³/mol. The molecule has 0 fully saturated rings. The Balaban J connectivity index is 2.37. The monoisotopic (exact) mass is 223 g/mol. The summed E-state index contributed by atoms with van der Waals surface area (Å²) >= 11 is 5.90. The second-order valence-electron chi connectivity index (χ2n) is 3.97. The van der Waals surface area contributed by atoms with Gasteiger partial charge in [-0.05, 0) is 30.0 Å². The Bertz CT molecular complexity index is 389. The number of benzene rings is 1. The molecule has 1 aliphatic rings. The van der Waals surface area contributed by atoms with E-state index < -0.39 is 0 Å². The maximum absolute atomic E-state index is 11.5. The first-order chi connectivity index (χ1) is 7.20. The van der Waals surface area contributed by atoms with Crippen LogP contribution < -0.4 is 5.32 Å². The van der Waals surface area contributed by atoms with Crippen molar-refractivity contribution in [2.75, 3.05) is 5.32 Å². The summed E-state index contributed by atoms with van der Waals surface area (Å²) in [5.74, 6) is 0.458. The van der Waals surface area contributed by atoms with E-state index in [1.54, 1.807) is 0 Å². The molecule has 0 spiro atoms. The Morgan fingerprint density at radius 2 is 2.33 bits per heavy atom. The molecule has 80 valence electrons. The van der Waals surface area contributed by atoms with Gasteiger partial charge in [0.1, 0.15) is 0 Å². The molecule has 1 amide bonds. The van der Waals surface area contributed by atoms with Gasteiger partial charge in [-0.1, -0.05) is 31.0 Å². The van der Waals surface area contributed by atoms with E-state index >= 15 is 0 Å². The number of halogens is 1. The Morgan fingerprint density at radius 3 is 3.07 bits per heavy atom. The molecular formula is C12H14ClNO. The van der Waals surface area contributed by atoms with Crippen molar-refractivity contribution in [1.29, 1.82) is 0 Å². The van der Waals surface area contributed by atoms with E-state index in [0.717, 1.165) is 18.5 Å². The van der Waals surface area contributed by atoms with E-state index in [-0.39, 0.29) is 5.91 Å². The summed E-state index contributed by atoms with van der Waals surface area (Å²) in [4.78, 5) is 11.5. The Hall–Kier alpha value is -1.02. The van der Waals surface area contributed by atoms with Crippen molar-refractivity contribution in [3.63, 3.8) is 0 Å². The largest absolute Gasteiger partial charge is 0.326 e. The number of hydrogen-bond donors (Lipinski definition) is 1. The average Bonchev–Trinajstić information content (AvgIpc) is 2.17. The zero-order chi connectivity index (χ0) is 10.8. The van der Waals surface area contributed by atoms with Crippen LogP contribution in [0.5, 0.6) is 0 Å². The third kappa shape index (κ3) is 2.15. The summed E-state index contributed by atoms with van der Waals surface area (Å²) in [6.07, 6.45) is 2.75. The van der Waals surface area contributed by atoms with Gasteiger partial charge in [-0.25, -0.2) is 0 Å². The van der Waals surface area contributed by atoms with Crippen molar-refractivity contribution < 1.29 is 4.79 Å². The summed E-state index contributed by atoms with van der Waals surface area (Å²) in [5.41, 5.74) is 2.11. The first-order valence-electron chi connectivity index (χ1n) is 5.30. The standard InChI is InChI=1S/C12H14ClNO/c1-2-3-8-6-12(15)14-11-7-9(13)4-5-10(8)11/h4-5,7-8H,2-3,6H2,1H3,(H,14,15). The van der Waals surface area contributed by atoms with Crippen molar-refractivity contribution in [2.45, 2.75) is 32.1 Å². The fourth-order valence-electron chi connectivity index (χ4n) is 2.13. The smallest absolute Gasteiger partial charge is 0.224 e. The Kier molecular flexibility index (Phi) is 2.96. The molecule has 1 aromatic carbocycles. The molecule has 1 atom stereocenters. The van der Waals surface area contributed by atoms with Crippen molar-refractivity contribution in [3.8, 4) is 0 Å². The van der Waals surface area contributed by atoms with Crippen molar-refractivity contribution >= 4 is 23.2 Å². The maximum Gasteiger partial charge on any atom is 0.224 e. The maximum atomic E-state index is 11.5. The van der Waals surface area contributed by atoms with Crippen molar-refractivity contribution in [3.05, 3.63) is 28.8 Å². The molecule has 2 nitrogen and oxygen atoms in total. The third-order valence-corrected chi connectivity index (χ3v) is 3.03. The molecule has 1 aromatic rings. The number of carbonyl (C=O) groups excluding carboxylic acids is 1. The van der Waals surface area contributed by atoms with Crippen molar-refractivity contribution in [2.24, 2.45) is 0 Å². The highest BCUT2D eigenvalue weighted by atomic mass is 35.5. The summed E-state index contributed by atoms with van der Waals surface area (Å²) < 4.78 is 0. The van der Waals surface area contributed by atoms with Gasteiger partial charge in [0, 0.05) is 17.1 Å². The van der Waals surface area contributed by atoms with Crippen LogP contribution in [0.25, 0.3) is 0 Å². The van der Waals surface area contributed by atoms with Crippen LogP contribution in [0.4, 0.5) is 5.69 Å². The molecule has 0 saturated carbocycles. The third-order valence-electron chi connectivity index (χ3n) is 2.80. The zero-order valence-electron chi connectivity index (χ0n) is 8.72. The lowest BCUT2D eigenvalue weighted by Gasteiger charge is -2.25. The van der Waals surface area contributed by atoms with Gasteiger partial charge in [0.15, 0.2) is 0 Å². The number of rotatable bonds is 2. The molecular weight excluding hydrogens is 210 g/mol. The molecule has 1 heterocycles. The summed E-state index contributed by atoms with van der Waals surface area (Å²) in [6.45, 7) is 2.14. The first-order valence-corrected chi connectivity index (χ1v) is 5.67. The van der Waals surface area contributed by atoms with Crippen LogP contribution in [-0.4, -0.2) is 5.91 Å².